The van der Waals surface area contributed by atoms with Crippen molar-refractivity contribution in [2.24, 2.45) is 0 Å². The summed E-state index contributed by atoms with van der Waals surface area (Å²) in [5.74, 6) is 0.426. The van der Waals surface area contributed by atoms with Gasteiger partial charge in [-0.3, -0.25) is 9.59 Å². The molecule has 3 aromatic rings. The van der Waals surface area contributed by atoms with E-state index in [0.717, 1.165) is 29.8 Å². The molecule has 0 saturated heterocycles. The first-order chi connectivity index (χ1) is 15.6. The Kier molecular flexibility index (Phi) is 8.69. The lowest BCUT2D eigenvalue weighted by molar-refractivity contribution is -0.114. The lowest BCUT2D eigenvalue weighted by Crippen LogP contribution is -2.24. The van der Waals surface area contributed by atoms with Crippen LogP contribution >= 0.6 is 0 Å². The highest BCUT2D eigenvalue weighted by Gasteiger charge is 2.08. The zero-order chi connectivity index (χ0) is 22.6. The van der Waals surface area contributed by atoms with E-state index in [1.165, 1.54) is 0 Å². The van der Waals surface area contributed by atoms with E-state index in [1.54, 1.807) is 24.3 Å². The minimum atomic E-state index is -0.199. The molecule has 3 rings (SSSR count). The van der Waals surface area contributed by atoms with Crippen LogP contribution in [-0.4, -0.2) is 25.0 Å². The maximum Gasteiger partial charge on any atom is 0.251 e. The lowest BCUT2D eigenvalue weighted by atomic mass is 10.1. The minimum absolute atomic E-state index is 0.112. The molecule has 32 heavy (non-hydrogen) atoms. The van der Waals surface area contributed by atoms with Crippen molar-refractivity contribution in [2.45, 2.75) is 26.3 Å². The van der Waals surface area contributed by atoms with Gasteiger partial charge in [0, 0.05) is 23.5 Å². The number of carbonyl (C=O) groups is 2. The molecule has 0 aliphatic carbocycles. The van der Waals surface area contributed by atoms with Crippen LogP contribution in [0.5, 0.6) is 5.75 Å². The second-order valence-corrected chi connectivity index (χ2v) is 7.38. The first-order valence-corrected chi connectivity index (χ1v) is 10.8. The summed E-state index contributed by atoms with van der Waals surface area (Å²) in [5.41, 5.74) is 2.92. The molecule has 0 spiro atoms. The van der Waals surface area contributed by atoms with Crippen molar-refractivity contribution >= 4 is 23.2 Å². The van der Waals surface area contributed by atoms with Gasteiger partial charge < -0.3 is 20.7 Å². The van der Waals surface area contributed by atoms with Gasteiger partial charge >= 0.3 is 0 Å². The van der Waals surface area contributed by atoms with Crippen molar-refractivity contribution in [1.82, 2.24) is 5.32 Å². The fourth-order valence-corrected chi connectivity index (χ4v) is 3.01. The van der Waals surface area contributed by atoms with E-state index in [1.807, 2.05) is 54.6 Å². The summed E-state index contributed by atoms with van der Waals surface area (Å²) >= 11 is 0. The zero-order valence-corrected chi connectivity index (χ0v) is 18.3. The first-order valence-electron chi connectivity index (χ1n) is 10.8. The maximum absolute atomic E-state index is 12.4. The Bertz CT molecular complexity index is 1000. The predicted octanol–water partition coefficient (Wildman–Crippen LogP) is 4.85. The van der Waals surface area contributed by atoms with E-state index >= 15 is 0 Å². The third-order valence-corrected chi connectivity index (χ3v) is 4.78. The number of benzene rings is 3. The molecule has 0 atom stereocenters. The standard InChI is InChI=1S/C26H29N3O3/c1-2-3-16-32-24-14-12-22(13-15-24)27-19-25(30)29-23-11-7-10-21(17-23)26(31)28-18-20-8-5-4-6-9-20/h4-15,17,27H,2-3,16,18-19H2,1H3,(H,28,31)(H,29,30). The molecule has 6 nitrogen and oxygen atoms in total. The average molecular weight is 432 g/mol. The summed E-state index contributed by atoms with van der Waals surface area (Å²) in [5, 5.41) is 8.80. The molecule has 166 valence electrons. The smallest absolute Gasteiger partial charge is 0.251 e. The van der Waals surface area contributed by atoms with E-state index in [4.69, 9.17) is 4.74 Å². The number of carbonyl (C=O) groups excluding carboxylic acids is 2. The SMILES string of the molecule is CCCCOc1ccc(NCC(=O)Nc2cccc(C(=O)NCc3ccccc3)c2)cc1. The summed E-state index contributed by atoms with van der Waals surface area (Å²) < 4.78 is 5.64. The van der Waals surface area contributed by atoms with Crippen LogP contribution in [0.25, 0.3) is 0 Å². The molecule has 3 N–H and O–H groups in total. The number of amides is 2. The summed E-state index contributed by atoms with van der Waals surface area (Å²) in [6, 6.07) is 24.1. The number of rotatable bonds is 11. The van der Waals surface area contributed by atoms with Gasteiger partial charge in [0.15, 0.2) is 0 Å². The monoisotopic (exact) mass is 431 g/mol. The first kappa shape index (κ1) is 22.9. The summed E-state index contributed by atoms with van der Waals surface area (Å²) in [4.78, 5) is 24.8. The quantitative estimate of drug-likeness (QED) is 0.379. The van der Waals surface area contributed by atoms with E-state index < -0.39 is 0 Å². The highest BCUT2D eigenvalue weighted by molar-refractivity contribution is 5.98. The average Bonchev–Trinajstić information content (AvgIpc) is 2.83. The van der Waals surface area contributed by atoms with Gasteiger partial charge in [0.05, 0.1) is 13.2 Å². The molecular formula is C26H29N3O3. The van der Waals surface area contributed by atoms with Gasteiger partial charge in [0.2, 0.25) is 5.91 Å². The molecule has 0 unspecified atom stereocenters. The van der Waals surface area contributed by atoms with Gasteiger partial charge in [-0.25, -0.2) is 0 Å². The fourth-order valence-electron chi connectivity index (χ4n) is 3.01. The molecule has 2 amide bonds. The number of ether oxygens (including phenoxy) is 1. The van der Waals surface area contributed by atoms with Crippen LogP contribution in [0.1, 0.15) is 35.7 Å². The maximum atomic E-state index is 12.4. The second kappa shape index (κ2) is 12.2. The third kappa shape index (κ3) is 7.47. The topological polar surface area (TPSA) is 79.5 Å². The Hall–Kier alpha value is -3.80. The van der Waals surface area contributed by atoms with Crippen molar-refractivity contribution in [3.8, 4) is 5.75 Å². The van der Waals surface area contributed by atoms with Gasteiger partial charge in [-0.15, -0.1) is 0 Å². The van der Waals surface area contributed by atoms with E-state index in [0.29, 0.717) is 24.4 Å². The summed E-state index contributed by atoms with van der Waals surface area (Å²) in [6.45, 7) is 3.39. The van der Waals surface area contributed by atoms with Gasteiger partial charge in [-0.2, -0.15) is 0 Å². The lowest BCUT2D eigenvalue weighted by Gasteiger charge is -2.10. The molecule has 0 aliphatic rings. The van der Waals surface area contributed by atoms with Crippen molar-refractivity contribution in [1.29, 1.82) is 0 Å². The van der Waals surface area contributed by atoms with Crippen LogP contribution in [0.15, 0.2) is 78.9 Å². The van der Waals surface area contributed by atoms with E-state index in [2.05, 4.69) is 22.9 Å². The Morgan fingerprint density at radius 1 is 0.875 bits per heavy atom. The predicted molar refractivity (Wildman–Crippen MR) is 128 cm³/mol. The van der Waals surface area contributed by atoms with Crippen molar-refractivity contribution in [2.75, 3.05) is 23.8 Å². The molecule has 0 aliphatic heterocycles. The van der Waals surface area contributed by atoms with Crippen LogP contribution in [0, 0.1) is 0 Å². The Balaban J connectivity index is 1.46. The largest absolute Gasteiger partial charge is 0.494 e. The van der Waals surface area contributed by atoms with Crippen LogP contribution in [0.2, 0.25) is 0 Å². The molecule has 0 aromatic heterocycles. The fraction of sp³-hybridized carbons (Fsp3) is 0.231. The molecule has 0 saturated carbocycles. The Morgan fingerprint density at radius 2 is 1.66 bits per heavy atom. The number of hydrogen-bond acceptors (Lipinski definition) is 4. The molecule has 0 radical (unpaired) electrons. The highest BCUT2D eigenvalue weighted by atomic mass is 16.5. The Morgan fingerprint density at radius 3 is 2.41 bits per heavy atom. The van der Waals surface area contributed by atoms with Crippen LogP contribution in [-0.2, 0) is 11.3 Å². The van der Waals surface area contributed by atoms with E-state index in [-0.39, 0.29) is 18.4 Å². The van der Waals surface area contributed by atoms with Crippen LogP contribution < -0.4 is 20.7 Å². The van der Waals surface area contributed by atoms with Gasteiger partial charge in [0.1, 0.15) is 5.75 Å². The van der Waals surface area contributed by atoms with Gasteiger partial charge in [-0.1, -0.05) is 49.7 Å². The number of unbranched alkanes of at least 4 members (excludes halogenated alkanes) is 1. The van der Waals surface area contributed by atoms with Crippen LogP contribution in [0.3, 0.4) is 0 Å². The second-order valence-electron chi connectivity index (χ2n) is 7.38. The summed E-state index contributed by atoms with van der Waals surface area (Å²) in [6.07, 6.45) is 2.12. The van der Waals surface area contributed by atoms with Crippen molar-refractivity contribution < 1.29 is 14.3 Å². The number of hydrogen-bond donors (Lipinski definition) is 3. The Labute approximate surface area is 189 Å². The minimum Gasteiger partial charge on any atom is -0.494 e. The molecule has 0 heterocycles. The molecule has 0 bridgehead atoms. The summed E-state index contributed by atoms with van der Waals surface area (Å²) in [7, 11) is 0. The highest BCUT2D eigenvalue weighted by Crippen LogP contribution is 2.16. The van der Waals surface area contributed by atoms with Gasteiger partial charge in [0.25, 0.3) is 5.91 Å². The molecule has 6 heteroatoms. The molecule has 3 aromatic carbocycles. The zero-order valence-electron chi connectivity index (χ0n) is 18.3. The van der Waals surface area contributed by atoms with Crippen molar-refractivity contribution in [3.63, 3.8) is 0 Å². The van der Waals surface area contributed by atoms with Crippen LogP contribution in [0.4, 0.5) is 11.4 Å². The van der Waals surface area contributed by atoms with E-state index in [9.17, 15) is 9.59 Å². The number of anilines is 2. The molecule has 0 fully saturated rings. The van der Waals surface area contributed by atoms with Gasteiger partial charge in [-0.05, 0) is 54.4 Å². The molecular weight excluding hydrogens is 402 g/mol. The number of nitrogens with one attached hydrogen (secondary N) is 3. The normalized spacial score (nSPS) is 10.3. The third-order valence-electron chi connectivity index (χ3n) is 4.78. The van der Waals surface area contributed by atoms with Crippen molar-refractivity contribution in [3.05, 3.63) is 90.0 Å².